The normalized spacial score (nSPS) is 20.1. The smallest absolute Gasteiger partial charge is 0.188 e. The first-order chi connectivity index (χ1) is 7.44. The van der Waals surface area contributed by atoms with Crippen LogP contribution in [-0.2, 0) is 14.6 Å². The summed E-state index contributed by atoms with van der Waals surface area (Å²) in [5, 5.41) is 2.09. The largest absolute Gasteiger partial charge is 0.223 e. The molecule has 0 bridgehead atoms. The average molecular weight is 232 g/mol. The number of sulfone groups is 1. The Bertz CT molecular complexity index is 697. The van der Waals surface area contributed by atoms with Gasteiger partial charge in [-0.05, 0) is 42.3 Å². The molecule has 1 aliphatic rings. The molecule has 2 nitrogen and oxygen atoms in total. The molecule has 0 atom stereocenters. The van der Waals surface area contributed by atoms with Gasteiger partial charge in [-0.1, -0.05) is 24.3 Å². The lowest BCUT2D eigenvalue weighted by Gasteiger charge is -2.37. The number of fused-ring (bicyclic) bond motifs is 2. The molecule has 0 saturated heterocycles. The third kappa shape index (κ3) is 0.944. The quantitative estimate of drug-likeness (QED) is 0.700. The highest BCUT2D eigenvalue weighted by atomic mass is 32.2. The van der Waals surface area contributed by atoms with Crippen molar-refractivity contribution in [2.75, 3.05) is 0 Å². The van der Waals surface area contributed by atoms with E-state index in [0.717, 1.165) is 16.3 Å². The van der Waals surface area contributed by atoms with Crippen molar-refractivity contribution in [2.45, 2.75) is 23.5 Å². The predicted octanol–water partition coefficient (Wildman–Crippen LogP) is 2.86. The van der Waals surface area contributed by atoms with Crippen LogP contribution in [-0.4, -0.2) is 8.42 Å². The van der Waals surface area contributed by atoms with E-state index in [1.807, 2.05) is 30.3 Å². The lowest BCUT2D eigenvalue weighted by Crippen LogP contribution is -2.40. The SMILES string of the molecule is CC1(C)c2cc3ccccc3cc2S1(=O)=O. The fourth-order valence-corrected chi connectivity index (χ4v) is 4.03. The van der Waals surface area contributed by atoms with Crippen LogP contribution in [0.15, 0.2) is 41.3 Å². The molecule has 0 spiro atoms. The van der Waals surface area contributed by atoms with Crippen LogP contribution in [0.25, 0.3) is 10.8 Å². The van der Waals surface area contributed by atoms with E-state index in [1.54, 1.807) is 19.9 Å². The van der Waals surface area contributed by atoms with Gasteiger partial charge in [0.05, 0.1) is 9.64 Å². The molecule has 82 valence electrons. The second-order valence-corrected chi connectivity index (χ2v) is 7.18. The van der Waals surface area contributed by atoms with Gasteiger partial charge in [-0.2, -0.15) is 0 Å². The summed E-state index contributed by atoms with van der Waals surface area (Å²) in [6, 6.07) is 11.6. The van der Waals surface area contributed by atoms with Crippen LogP contribution in [0.2, 0.25) is 0 Å². The maximum Gasteiger partial charge on any atom is 0.188 e. The highest BCUT2D eigenvalue weighted by Gasteiger charge is 2.50. The van der Waals surface area contributed by atoms with Crippen molar-refractivity contribution in [3.05, 3.63) is 42.0 Å². The Morgan fingerprint density at radius 3 is 2.19 bits per heavy atom. The van der Waals surface area contributed by atoms with Crippen LogP contribution in [0.5, 0.6) is 0 Å². The number of hydrogen-bond donors (Lipinski definition) is 0. The highest BCUT2D eigenvalue weighted by molar-refractivity contribution is 7.93. The van der Waals surface area contributed by atoms with E-state index in [2.05, 4.69) is 0 Å². The first-order valence-electron chi connectivity index (χ1n) is 5.22. The Morgan fingerprint density at radius 1 is 1.00 bits per heavy atom. The van der Waals surface area contributed by atoms with Gasteiger partial charge in [0.2, 0.25) is 0 Å². The van der Waals surface area contributed by atoms with E-state index in [1.165, 1.54) is 0 Å². The molecule has 2 aromatic carbocycles. The van der Waals surface area contributed by atoms with Gasteiger partial charge in [-0.15, -0.1) is 0 Å². The van der Waals surface area contributed by atoms with Crippen LogP contribution in [0.1, 0.15) is 19.4 Å². The summed E-state index contributed by atoms with van der Waals surface area (Å²) in [4.78, 5) is 0.496. The van der Waals surface area contributed by atoms with Crippen LogP contribution >= 0.6 is 0 Å². The molecule has 3 heteroatoms. The van der Waals surface area contributed by atoms with E-state index in [4.69, 9.17) is 0 Å². The second kappa shape index (κ2) is 2.66. The zero-order valence-electron chi connectivity index (χ0n) is 9.19. The van der Waals surface area contributed by atoms with Gasteiger partial charge >= 0.3 is 0 Å². The van der Waals surface area contributed by atoms with E-state index < -0.39 is 14.6 Å². The van der Waals surface area contributed by atoms with Crippen molar-refractivity contribution in [3.63, 3.8) is 0 Å². The molecule has 0 fully saturated rings. The van der Waals surface area contributed by atoms with Crippen molar-refractivity contribution in [2.24, 2.45) is 0 Å². The maximum atomic E-state index is 12.0. The Labute approximate surface area is 94.8 Å². The Morgan fingerprint density at radius 2 is 1.56 bits per heavy atom. The zero-order chi connectivity index (χ0) is 11.6. The molecular formula is C13H12O2S. The summed E-state index contributed by atoms with van der Waals surface area (Å²) in [5.41, 5.74) is 0.936. The molecule has 2 aromatic rings. The van der Waals surface area contributed by atoms with E-state index in [-0.39, 0.29) is 0 Å². The van der Waals surface area contributed by atoms with Gasteiger partial charge in [0, 0.05) is 0 Å². The monoisotopic (exact) mass is 232 g/mol. The first-order valence-corrected chi connectivity index (χ1v) is 6.71. The average Bonchev–Trinajstić information content (AvgIpc) is 2.27. The molecule has 3 rings (SSSR count). The fraction of sp³-hybridized carbons (Fsp3) is 0.231. The van der Waals surface area contributed by atoms with E-state index >= 15 is 0 Å². The molecule has 1 aliphatic heterocycles. The summed E-state index contributed by atoms with van der Waals surface area (Å²) in [7, 11) is -3.11. The number of benzene rings is 2. The van der Waals surface area contributed by atoms with Crippen LogP contribution in [0.3, 0.4) is 0 Å². The molecular weight excluding hydrogens is 220 g/mol. The van der Waals surface area contributed by atoms with Crippen molar-refractivity contribution in [1.82, 2.24) is 0 Å². The van der Waals surface area contributed by atoms with Gasteiger partial charge < -0.3 is 0 Å². The molecule has 0 unspecified atom stereocenters. The Balaban J connectivity index is 2.45. The molecule has 0 aliphatic carbocycles. The minimum absolute atomic E-state index is 0.496. The molecule has 1 heterocycles. The minimum Gasteiger partial charge on any atom is -0.223 e. The summed E-state index contributed by atoms with van der Waals surface area (Å²) >= 11 is 0. The standard InChI is InChI=1S/C13H12O2S/c1-13(2)11-7-9-5-3-4-6-10(9)8-12(11)16(13,14)15/h3-8H,1-2H3. The lowest BCUT2D eigenvalue weighted by atomic mass is 9.97. The summed E-state index contributed by atoms with van der Waals surface area (Å²) < 4.78 is 23.3. The predicted molar refractivity (Wildman–Crippen MR) is 64.2 cm³/mol. The first kappa shape index (κ1) is 9.85. The topological polar surface area (TPSA) is 34.1 Å². The van der Waals surface area contributed by atoms with E-state index in [0.29, 0.717) is 4.90 Å². The third-order valence-corrected chi connectivity index (χ3v) is 5.94. The van der Waals surface area contributed by atoms with Crippen LogP contribution in [0, 0.1) is 0 Å². The Kier molecular flexibility index (Phi) is 1.64. The van der Waals surface area contributed by atoms with Gasteiger partial charge in [0.25, 0.3) is 0 Å². The molecule has 0 N–H and O–H groups in total. The minimum atomic E-state index is -3.11. The van der Waals surface area contributed by atoms with Crippen molar-refractivity contribution < 1.29 is 8.42 Å². The fourth-order valence-electron chi connectivity index (χ4n) is 2.29. The van der Waals surface area contributed by atoms with Crippen molar-refractivity contribution in [3.8, 4) is 0 Å². The summed E-state index contributed by atoms with van der Waals surface area (Å²) in [5.74, 6) is 0. The van der Waals surface area contributed by atoms with Gasteiger partial charge in [-0.25, -0.2) is 8.42 Å². The van der Waals surface area contributed by atoms with E-state index in [9.17, 15) is 8.42 Å². The van der Waals surface area contributed by atoms with Crippen LogP contribution in [0.4, 0.5) is 0 Å². The van der Waals surface area contributed by atoms with Crippen LogP contribution < -0.4 is 0 Å². The van der Waals surface area contributed by atoms with Crippen molar-refractivity contribution in [1.29, 1.82) is 0 Å². The van der Waals surface area contributed by atoms with Gasteiger partial charge in [0.1, 0.15) is 0 Å². The zero-order valence-corrected chi connectivity index (χ0v) is 10.0. The number of rotatable bonds is 0. The third-order valence-electron chi connectivity index (χ3n) is 3.46. The molecule has 0 aromatic heterocycles. The second-order valence-electron chi connectivity index (χ2n) is 4.71. The summed E-state index contributed by atoms with van der Waals surface area (Å²) in [6.45, 7) is 3.53. The highest BCUT2D eigenvalue weighted by Crippen LogP contribution is 2.49. The number of hydrogen-bond acceptors (Lipinski definition) is 2. The lowest BCUT2D eigenvalue weighted by molar-refractivity contribution is 0.527. The molecule has 0 radical (unpaired) electrons. The molecule has 16 heavy (non-hydrogen) atoms. The van der Waals surface area contributed by atoms with Gasteiger partial charge in [-0.3, -0.25) is 0 Å². The maximum absolute atomic E-state index is 12.0. The molecule has 0 saturated carbocycles. The molecule has 0 amide bonds. The van der Waals surface area contributed by atoms with Crippen molar-refractivity contribution >= 4 is 20.6 Å². The van der Waals surface area contributed by atoms with Gasteiger partial charge in [0.15, 0.2) is 9.84 Å². The Hall–Kier alpha value is -1.35. The summed E-state index contributed by atoms with van der Waals surface area (Å²) in [6.07, 6.45) is 0.